The van der Waals surface area contributed by atoms with Crippen molar-refractivity contribution >= 4 is 42.6 Å². The minimum Gasteiger partial charge on any atom is -0.497 e. The lowest BCUT2D eigenvalue weighted by atomic mass is 10.0. The Morgan fingerprint density at radius 1 is 0.864 bits per heavy atom. The van der Waals surface area contributed by atoms with E-state index in [2.05, 4.69) is 61.9 Å². The van der Waals surface area contributed by atoms with Gasteiger partial charge in [-0.05, 0) is 66.9 Å². The van der Waals surface area contributed by atoms with Crippen molar-refractivity contribution in [1.29, 1.82) is 0 Å². The summed E-state index contributed by atoms with van der Waals surface area (Å²) in [5, 5.41) is 2.32. The highest BCUT2D eigenvalue weighted by Gasteiger charge is 2.04. The third-order valence-electron chi connectivity index (χ3n) is 3.37. The van der Waals surface area contributed by atoms with E-state index in [1.54, 1.807) is 7.11 Å². The molecular weight excluding hydrogens is 404 g/mol. The Hall–Kier alpha value is -1.76. The summed E-state index contributed by atoms with van der Waals surface area (Å²) in [6, 6.07) is 18.1. The second-order valence-corrected chi connectivity index (χ2v) is 6.45. The van der Waals surface area contributed by atoms with Crippen LogP contribution in [0.3, 0.4) is 0 Å². The highest BCUT2D eigenvalue weighted by Crippen LogP contribution is 2.26. The molecule has 0 aliphatic carbocycles. The first-order chi connectivity index (χ1) is 10.7. The molecule has 108 valence electrons. The van der Waals surface area contributed by atoms with Crippen LogP contribution in [-0.2, 0) is 0 Å². The van der Waals surface area contributed by atoms with Crippen molar-refractivity contribution in [3.8, 4) is 17.6 Å². The molecule has 3 aromatic carbocycles. The zero-order chi connectivity index (χ0) is 15.5. The first-order valence-corrected chi connectivity index (χ1v) is 8.30. The van der Waals surface area contributed by atoms with Gasteiger partial charge in [0.05, 0.1) is 7.11 Å². The van der Waals surface area contributed by atoms with Gasteiger partial charge in [0, 0.05) is 20.1 Å². The van der Waals surface area contributed by atoms with Crippen molar-refractivity contribution < 1.29 is 4.74 Å². The normalized spacial score (nSPS) is 10.1. The molecule has 0 aromatic heterocycles. The molecule has 3 heteroatoms. The number of hydrogen-bond acceptors (Lipinski definition) is 1. The van der Waals surface area contributed by atoms with Gasteiger partial charge in [0.15, 0.2) is 0 Å². The molecule has 0 heterocycles. The molecule has 0 spiro atoms. The maximum atomic E-state index is 5.26. The molecule has 0 saturated heterocycles. The van der Waals surface area contributed by atoms with E-state index < -0.39 is 0 Å². The maximum absolute atomic E-state index is 5.26. The molecule has 3 rings (SSSR count). The number of benzene rings is 3. The smallest absolute Gasteiger partial charge is 0.120 e. The minimum atomic E-state index is 0.796. The van der Waals surface area contributed by atoms with E-state index in [0.29, 0.717) is 0 Å². The van der Waals surface area contributed by atoms with Crippen LogP contribution in [0.15, 0.2) is 63.5 Å². The summed E-state index contributed by atoms with van der Waals surface area (Å²) in [5.41, 5.74) is 1.90. The number of methoxy groups -OCH3 is 1. The summed E-state index contributed by atoms with van der Waals surface area (Å²) in [6.45, 7) is 0. The molecule has 0 atom stereocenters. The van der Waals surface area contributed by atoms with E-state index >= 15 is 0 Å². The number of ether oxygens (including phenoxy) is 1. The summed E-state index contributed by atoms with van der Waals surface area (Å²) in [7, 11) is 1.65. The fourth-order valence-electron chi connectivity index (χ4n) is 2.23. The molecule has 0 unspecified atom stereocenters. The Morgan fingerprint density at radius 3 is 2.45 bits per heavy atom. The standard InChI is InChI=1S/C19H12Br2O/c1-22-15-8-11-18(20)14(12-15)6-9-17-16-5-3-2-4-13(16)7-10-19(17)21/h2-5,7-8,10-12H,1H3. The molecule has 1 nitrogen and oxygen atoms in total. The number of rotatable bonds is 1. The molecule has 0 radical (unpaired) electrons. The van der Waals surface area contributed by atoms with E-state index in [1.165, 1.54) is 5.39 Å². The van der Waals surface area contributed by atoms with E-state index in [4.69, 9.17) is 4.74 Å². The predicted octanol–water partition coefficient (Wildman–Crippen LogP) is 5.77. The van der Waals surface area contributed by atoms with Crippen LogP contribution in [0, 0.1) is 11.8 Å². The highest BCUT2D eigenvalue weighted by molar-refractivity contribution is 9.10. The van der Waals surface area contributed by atoms with Gasteiger partial charge in [-0.3, -0.25) is 0 Å². The fraction of sp³-hybridized carbons (Fsp3) is 0.0526. The van der Waals surface area contributed by atoms with Crippen LogP contribution in [0.4, 0.5) is 0 Å². The second-order valence-electron chi connectivity index (χ2n) is 4.74. The lowest BCUT2D eigenvalue weighted by Crippen LogP contribution is -1.86. The van der Waals surface area contributed by atoms with Crippen molar-refractivity contribution in [2.45, 2.75) is 0 Å². The van der Waals surface area contributed by atoms with Gasteiger partial charge in [0.25, 0.3) is 0 Å². The van der Waals surface area contributed by atoms with Crippen LogP contribution in [0.1, 0.15) is 11.1 Å². The SMILES string of the molecule is COc1ccc(Br)c(C#Cc2c(Br)ccc3ccccc23)c1. The Morgan fingerprint density at radius 2 is 1.64 bits per heavy atom. The van der Waals surface area contributed by atoms with Crippen LogP contribution in [-0.4, -0.2) is 7.11 Å². The highest BCUT2D eigenvalue weighted by atomic mass is 79.9. The van der Waals surface area contributed by atoms with Crippen molar-refractivity contribution in [1.82, 2.24) is 0 Å². The third-order valence-corrected chi connectivity index (χ3v) is 4.73. The number of halogens is 2. The van der Waals surface area contributed by atoms with Gasteiger partial charge in [-0.1, -0.05) is 42.2 Å². The van der Waals surface area contributed by atoms with Gasteiger partial charge in [-0.15, -0.1) is 0 Å². The van der Waals surface area contributed by atoms with Gasteiger partial charge in [-0.2, -0.15) is 0 Å². The summed E-state index contributed by atoms with van der Waals surface area (Å²) in [4.78, 5) is 0. The Labute approximate surface area is 146 Å². The summed E-state index contributed by atoms with van der Waals surface area (Å²) in [5.74, 6) is 7.31. The van der Waals surface area contributed by atoms with Crippen LogP contribution >= 0.6 is 31.9 Å². The molecule has 0 aliphatic heterocycles. The van der Waals surface area contributed by atoms with Crippen molar-refractivity contribution in [3.63, 3.8) is 0 Å². The third kappa shape index (κ3) is 3.04. The predicted molar refractivity (Wildman–Crippen MR) is 98.3 cm³/mol. The largest absolute Gasteiger partial charge is 0.497 e. The van der Waals surface area contributed by atoms with Gasteiger partial charge in [0.2, 0.25) is 0 Å². The monoisotopic (exact) mass is 414 g/mol. The van der Waals surface area contributed by atoms with Crippen LogP contribution in [0.2, 0.25) is 0 Å². The number of fused-ring (bicyclic) bond motifs is 1. The first kappa shape index (κ1) is 15.1. The average Bonchev–Trinajstić information content (AvgIpc) is 2.55. The summed E-state index contributed by atoms with van der Waals surface area (Å²) < 4.78 is 7.21. The lowest BCUT2D eigenvalue weighted by molar-refractivity contribution is 0.414. The Balaban J connectivity index is 2.14. The van der Waals surface area contributed by atoms with Gasteiger partial charge in [0.1, 0.15) is 5.75 Å². The van der Waals surface area contributed by atoms with Gasteiger partial charge in [-0.25, -0.2) is 0 Å². The molecule has 0 fully saturated rings. The van der Waals surface area contributed by atoms with Crippen LogP contribution in [0.25, 0.3) is 10.8 Å². The molecule has 22 heavy (non-hydrogen) atoms. The topological polar surface area (TPSA) is 9.23 Å². The first-order valence-electron chi connectivity index (χ1n) is 6.72. The summed E-state index contributed by atoms with van der Waals surface area (Å²) >= 11 is 7.13. The Kier molecular flexibility index (Phi) is 4.52. The number of hydrogen-bond donors (Lipinski definition) is 0. The molecule has 3 aromatic rings. The maximum Gasteiger partial charge on any atom is 0.120 e. The van der Waals surface area contributed by atoms with Crippen LogP contribution < -0.4 is 4.74 Å². The van der Waals surface area contributed by atoms with E-state index in [9.17, 15) is 0 Å². The molecule has 0 aliphatic rings. The van der Waals surface area contributed by atoms with Gasteiger partial charge >= 0.3 is 0 Å². The van der Waals surface area contributed by atoms with E-state index in [1.807, 2.05) is 36.4 Å². The zero-order valence-corrected chi connectivity index (χ0v) is 15.0. The lowest BCUT2D eigenvalue weighted by Gasteiger charge is -2.04. The van der Waals surface area contributed by atoms with Gasteiger partial charge < -0.3 is 4.74 Å². The molecule has 0 bridgehead atoms. The summed E-state index contributed by atoms with van der Waals surface area (Å²) in [6.07, 6.45) is 0. The zero-order valence-electron chi connectivity index (χ0n) is 11.9. The van der Waals surface area contributed by atoms with E-state index in [0.717, 1.165) is 31.2 Å². The van der Waals surface area contributed by atoms with Crippen molar-refractivity contribution in [2.24, 2.45) is 0 Å². The van der Waals surface area contributed by atoms with Crippen molar-refractivity contribution in [2.75, 3.05) is 7.11 Å². The molecule has 0 amide bonds. The average molecular weight is 416 g/mol. The molecular formula is C19H12Br2O. The molecule has 0 saturated carbocycles. The minimum absolute atomic E-state index is 0.796. The van der Waals surface area contributed by atoms with E-state index in [-0.39, 0.29) is 0 Å². The molecule has 0 N–H and O–H groups in total. The second kappa shape index (κ2) is 6.56. The van der Waals surface area contributed by atoms with Crippen LogP contribution in [0.5, 0.6) is 5.75 Å². The Bertz CT molecular complexity index is 904. The van der Waals surface area contributed by atoms with Crippen molar-refractivity contribution in [3.05, 3.63) is 74.7 Å². The fourth-order valence-corrected chi connectivity index (χ4v) is 3.02. The quantitative estimate of drug-likeness (QED) is 0.458.